The van der Waals surface area contributed by atoms with Crippen molar-refractivity contribution in [2.45, 2.75) is 19.9 Å². The number of carbonyl (C=O) groups is 2. The van der Waals surface area contributed by atoms with E-state index in [1.165, 1.54) is 14.0 Å². The summed E-state index contributed by atoms with van der Waals surface area (Å²) in [5, 5.41) is 2.44. The molecule has 1 atom stereocenters. The van der Waals surface area contributed by atoms with Crippen LogP contribution in [0.15, 0.2) is 10.6 Å². The fourth-order valence-corrected chi connectivity index (χ4v) is 1.01. The molecule has 0 heterocycles. The van der Waals surface area contributed by atoms with Crippen molar-refractivity contribution in [2.24, 2.45) is 0 Å². The van der Waals surface area contributed by atoms with E-state index in [-0.39, 0.29) is 5.91 Å². The number of nitrogens with one attached hydrogen (secondary N) is 1. The number of ether oxygens (including phenoxy) is 1. The van der Waals surface area contributed by atoms with E-state index in [1.54, 1.807) is 13.0 Å². The topological polar surface area (TPSA) is 55.4 Å². The van der Waals surface area contributed by atoms with Crippen molar-refractivity contribution in [3.05, 3.63) is 10.6 Å². The zero-order valence-corrected chi connectivity index (χ0v) is 9.34. The summed E-state index contributed by atoms with van der Waals surface area (Å²) in [4.78, 5) is 21.8. The first-order valence-electron chi connectivity index (χ1n) is 3.66. The molecule has 0 spiro atoms. The van der Waals surface area contributed by atoms with E-state index in [0.717, 1.165) is 4.48 Å². The SMILES string of the molecule is COC(=O)C(C=C(C)Br)NC(C)=O. The largest absolute Gasteiger partial charge is 0.467 e. The minimum atomic E-state index is -0.720. The lowest BCUT2D eigenvalue weighted by Crippen LogP contribution is -2.38. The molecule has 0 aliphatic rings. The van der Waals surface area contributed by atoms with Crippen LogP contribution in [0, 0.1) is 0 Å². The number of esters is 1. The molecule has 1 unspecified atom stereocenters. The molecule has 0 aliphatic heterocycles. The van der Waals surface area contributed by atoms with Gasteiger partial charge in [-0.15, -0.1) is 0 Å². The van der Waals surface area contributed by atoms with Gasteiger partial charge in [0.05, 0.1) is 7.11 Å². The Balaban J connectivity index is 4.46. The number of hydrogen-bond acceptors (Lipinski definition) is 3. The van der Waals surface area contributed by atoms with E-state index in [9.17, 15) is 9.59 Å². The van der Waals surface area contributed by atoms with Crippen molar-refractivity contribution in [3.8, 4) is 0 Å². The third kappa shape index (κ3) is 5.41. The minimum Gasteiger partial charge on any atom is -0.467 e. The molecule has 0 saturated carbocycles. The highest BCUT2D eigenvalue weighted by atomic mass is 79.9. The van der Waals surface area contributed by atoms with Crippen molar-refractivity contribution < 1.29 is 14.3 Å². The maximum absolute atomic E-state index is 11.1. The number of rotatable bonds is 3. The quantitative estimate of drug-likeness (QED) is 0.759. The van der Waals surface area contributed by atoms with Gasteiger partial charge in [0, 0.05) is 6.92 Å². The van der Waals surface area contributed by atoms with Crippen molar-refractivity contribution in [1.82, 2.24) is 5.32 Å². The molecule has 74 valence electrons. The van der Waals surface area contributed by atoms with Crippen LogP contribution in [0.25, 0.3) is 0 Å². The van der Waals surface area contributed by atoms with E-state index in [0.29, 0.717) is 0 Å². The Labute approximate surface area is 85.5 Å². The van der Waals surface area contributed by atoms with Gasteiger partial charge in [-0.05, 0) is 17.5 Å². The summed E-state index contributed by atoms with van der Waals surface area (Å²) in [7, 11) is 1.27. The Hall–Kier alpha value is -0.840. The lowest BCUT2D eigenvalue weighted by Gasteiger charge is -2.11. The number of amides is 1. The highest BCUT2D eigenvalue weighted by molar-refractivity contribution is 9.11. The van der Waals surface area contributed by atoms with Gasteiger partial charge in [0.1, 0.15) is 6.04 Å². The third-order valence-corrected chi connectivity index (χ3v) is 1.47. The number of carbonyl (C=O) groups excluding carboxylic acids is 2. The van der Waals surface area contributed by atoms with Crippen LogP contribution in [0.3, 0.4) is 0 Å². The molecule has 1 N–H and O–H groups in total. The first kappa shape index (κ1) is 12.2. The Morgan fingerprint density at radius 3 is 2.31 bits per heavy atom. The Morgan fingerprint density at radius 2 is 2.00 bits per heavy atom. The third-order valence-electron chi connectivity index (χ3n) is 1.21. The molecular formula is C8H12BrNO3. The zero-order valence-electron chi connectivity index (χ0n) is 7.76. The van der Waals surface area contributed by atoms with Crippen molar-refractivity contribution >= 4 is 27.8 Å². The minimum absolute atomic E-state index is 0.277. The van der Waals surface area contributed by atoms with E-state index < -0.39 is 12.0 Å². The molecule has 0 rings (SSSR count). The fourth-order valence-electron chi connectivity index (χ4n) is 0.744. The highest BCUT2D eigenvalue weighted by Crippen LogP contribution is 2.04. The van der Waals surface area contributed by atoms with E-state index in [2.05, 4.69) is 26.0 Å². The molecule has 0 aromatic rings. The Morgan fingerprint density at radius 1 is 1.46 bits per heavy atom. The highest BCUT2D eigenvalue weighted by Gasteiger charge is 2.16. The van der Waals surface area contributed by atoms with Crippen LogP contribution in [0.5, 0.6) is 0 Å². The Bertz CT molecular complexity index is 234. The van der Waals surface area contributed by atoms with Crippen LogP contribution < -0.4 is 5.32 Å². The monoisotopic (exact) mass is 249 g/mol. The van der Waals surface area contributed by atoms with Crippen molar-refractivity contribution in [3.63, 3.8) is 0 Å². The van der Waals surface area contributed by atoms with Crippen LogP contribution in [0.1, 0.15) is 13.8 Å². The number of halogens is 1. The molecule has 5 heteroatoms. The number of hydrogen-bond donors (Lipinski definition) is 1. The second-order valence-corrected chi connectivity index (χ2v) is 3.71. The number of methoxy groups -OCH3 is 1. The molecular weight excluding hydrogens is 238 g/mol. The molecule has 0 aromatic carbocycles. The lowest BCUT2D eigenvalue weighted by atomic mass is 10.2. The predicted molar refractivity (Wildman–Crippen MR) is 52.3 cm³/mol. The molecule has 4 nitrogen and oxygen atoms in total. The summed E-state index contributed by atoms with van der Waals surface area (Å²) >= 11 is 3.16. The molecule has 1 amide bonds. The Kier molecular flexibility index (Phi) is 5.37. The van der Waals surface area contributed by atoms with Gasteiger partial charge in [0.2, 0.25) is 5.91 Å². The van der Waals surface area contributed by atoms with Gasteiger partial charge < -0.3 is 10.1 Å². The average Bonchev–Trinajstić information content (AvgIpc) is 2.00. The summed E-state index contributed by atoms with van der Waals surface area (Å²) in [5.74, 6) is -0.769. The van der Waals surface area contributed by atoms with Gasteiger partial charge in [0.25, 0.3) is 0 Å². The maximum atomic E-state index is 11.1. The summed E-state index contributed by atoms with van der Waals surface area (Å²) in [5.41, 5.74) is 0. The van der Waals surface area contributed by atoms with E-state index >= 15 is 0 Å². The standard InChI is InChI=1S/C8H12BrNO3/c1-5(9)4-7(8(12)13-3)10-6(2)11/h4,7H,1-3H3,(H,10,11). The van der Waals surface area contributed by atoms with Crippen LogP contribution in [0.2, 0.25) is 0 Å². The van der Waals surface area contributed by atoms with Crippen LogP contribution in [-0.4, -0.2) is 25.0 Å². The summed E-state index contributed by atoms with van der Waals surface area (Å²) in [6.45, 7) is 3.10. The van der Waals surface area contributed by atoms with Gasteiger partial charge in [-0.2, -0.15) is 0 Å². The van der Waals surface area contributed by atoms with E-state index in [1.807, 2.05) is 0 Å². The molecule has 0 radical (unpaired) electrons. The van der Waals surface area contributed by atoms with Gasteiger partial charge in [-0.3, -0.25) is 4.79 Å². The molecule has 0 bridgehead atoms. The van der Waals surface area contributed by atoms with E-state index in [4.69, 9.17) is 0 Å². The molecule has 13 heavy (non-hydrogen) atoms. The summed E-state index contributed by atoms with van der Waals surface area (Å²) in [6, 6.07) is -0.720. The van der Waals surface area contributed by atoms with Gasteiger partial charge in [0.15, 0.2) is 0 Å². The smallest absolute Gasteiger partial charge is 0.332 e. The van der Waals surface area contributed by atoms with Gasteiger partial charge in [-0.1, -0.05) is 15.9 Å². The first-order chi connectivity index (χ1) is 5.97. The number of allylic oxidation sites excluding steroid dienone is 1. The second-order valence-electron chi connectivity index (χ2n) is 2.45. The normalized spacial score (nSPS) is 13.4. The van der Waals surface area contributed by atoms with Crippen molar-refractivity contribution in [1.29, 1.82) is 0 Å². The second kappa shape index (κ2) is 5.75. The fraction of sp³-hybridized carbons (Fsp3) is 0.500. The molecule has 0 saturated heterocycles. The molecule has 0 aromatic heterocycles. The maximum Gasteiger partial charge on any atom is 0.332 e. The zero-order chi connectivity index (χ0) is 10.4. The average molecular weight is 250 g/mol. The summed E-state index contributed by atoms with van der Waals surface area (Å²) < 4.78 is 5.26. The van der Waals surface area contributed by atoms with Crippen LogP contribution in [-0.2, 0) is 14.3 Å². The van der Waals surface area contributed by atoms with Crippen LogP contribution in [0.4, 0.5) is 0 Å². The summed E-state index contributed by atoms with van der Waals surface area (Å²) in [6.07, 6.45) is 1.56. The molecule has 0 fully saturated rings. The van der Waals surface area contributed by atoms with Crippen molar-refractivity contribution in [2.75, 3.05) is 7.11 Å². The first-order valence-corrected chi connectivity index (χ1v) is 4.45. The lowest BCUT2D eigenvalue weighted by molar-refractivity contribution is -0.143. The van der Waals surface area contributed by atoms with Gasteiger partial charge >= 0.3 is 5.97 Å². The molecule has 0 aliphatic carbocycles. The van der Waals surface area contributed by atoms with Gasteiger partial charge in [-0.25, -0.2) is 4.79 Å². The predicted octanol–water partition coefficient (Wildman–Crippen LogP) is 0.963. The van der Waals surface area contributed by atoms with Crippen LogP contribution >= 0.6 is 15.9 Å².